The molecule has 0 aliphatic heterocycles. The highest BCUT2D eigenvalue weighted by atomic mass is 31.2. The number of carbonyl (C=O) groups is 1. The Kier molecular flexibility index (Phi) is 8.51. The summed E-state index contributed by atoms with van der Waals surface area (Å²) in [4.78, 5) is 22.8. The zero-order chi connectivity index (χ0) is 17.6. The zero-order valence-electron chi connectivity index (χ0n) is 14.8. The van der Waals surface area contributed by atoms with E-state index in [-0.39, 0.29) is 26.2 Å². The van der Waals surface area contributed by atoms with E-state index in [4.69, 9.17) is 13.8 Å². The van der Waals surface area contributed by atoms with Crippen molar-refractivity contribution in [3.63, 3.8) is 0 Å². The first-order chi connectivity index (χ1) is 9.95. The van der Waals surface area contributed by atoms with Crippen LogP contribution in [0, 0.1) is 0 Å². The van der Waals surface area contributed by atoms with Gasteiger partial charge in [0.25, 0.3) is 0 Å². The third-order valence-corrected chi connectivity index (χ3v) is 9.83. The molecule has 0 bridgehead atoms. The molecule has 8 heteroatoms. The summed E-state index contributed by atoms with van der Waals surface area (Å²) in [6.07, 6.45) is 0.193. The van der Waals surface area contributed by atoms with Crippen molar-refractivity contribution in [1.82, 2.24) is 0 Å². The Bertz CT molecular complexity index is 395. The molecule has 0 amide bonds. The summed E-state index contributed by atoms with van der Waals surface area (Å²) in [7, 11) is -6.23. The predicted octanol–water partition coefficient (Wildman–Crippen LogP) is 3.55. The van der Waals surface area contributed by atoms with E-state index in [2.05, 4.69) is 0 Å². The molecule has 0 aromatic rings. The van der Waals surface area contributed by atoms with Crippen LogP contribution in [-0.2, 0) is 23.1 Å². The van der Waals surface area contributed by atoms with Gasteiger partial charge in [-0.15, -0.1) is 0 Å². The van der Waals surface area contributed by atoms with Crippen LogP contribution in [0.1, 0.15) is 41.0 Å². The van der Waals surface area contributed by atoms with Crippen molar-refractivity contribution in [2.24, 2.45) is 0 Å². The Labute approximate surface area is 135 Å². The van der Waals surface area contributed by atoms with Crippen LogP contribution in [0.2, 0.25) is 18.1 Å². The van der Waals surface area contributed by atoms with E-state index in [0.29, 0.717) is 0 Å². The fraction of sp³-hybridized carbons (Fsp3) is 0.929. The van der Waals surface area contributed by atoms with Gasteiger partial charge in [0, 0.05) is 0 Å². The van der Waals surface area contributed by atoms with Gasteiger partial charge in [0.15, 0.2) is 14.0 Å². The standard InChI is InChI=1S/C14H31O6PSi/c1-8-18-13(15)12(11-14(4,5)22(6,7)17)21(16,19-9-2)20-10-3/h12,17H,8-11H2,1-7H3. The van der Waals surface area contributed by atoms with Gasteiger partial charge >= 0.3 is 13.6 Å². The van der Waals surface area contributed by atoms with Crippen molar-refractivity contribution in [2.75, 3.05) is 19.8 Å². The summed E-state index contributed by atoms with van der Waals surface area (Å²) < 4.78 is 28.7. The van der Waals surface area contributed by atoms with Crippen LogP contribution in [-0.4, -0.2) is 44.6 Å². The average Bonchev–Trinajstić information content (AvgIpc) is 2.35. The van der Waals surface area contributed by atoms with Gasteiger partial charge in [-0.2, -0.15) is 0 Å². The number of hydrogen-bond donors (Lipinski definition) is 1. The van der Waals surface area contributed by atoms with Gasteiger partial charge in [-0.05, 0) is 45.3 Å². The fourth-order valence-electron chi connectivity index (χ4n) is 1.87. The molecule has 0 radical (unpaired) electrons. The molecule has 1 unspecified atom stereocenters. The van der Waals surface area contributed by atoms with Crippen molar-refractivity contribution in [2.45, 2.75) is 64.8 Å². The normalized spacial score (nSPS) is 14.7. The molecule has 0 saturated carbocycles. The van der Waals surface area contributed by atoms with Crippen molar-refractivity contribution in [3.05, 3.63) is 0 Å². The van der Waals surface area contributed by atoms with E-state index in [1.807, 2.05) is 13.8 Å². The van der Waals surface area contributed by atoms with E-state index in [1.54, 1.807) is 33.9 Å². The molecule has 0 saturated heterocycles. The lowest BCUT2D eigenvalue weighted by Gasteiger charge is -2.38. The number of esters is 1. The van der Waals surface area contributed by atoms with Crippen LogP contribution in [0.4, 0.5) is 0 Å². The van der Waals surface area contributed by atoms with Crippen molar-refractivity contribution in [3.8, 4) is 0 Å². The molecule has 22 heavy (non-hydrogen) atoms. The second-order valence-corrected chi connectivity index (χ2v) is 13.0. The maximum Gasteiger partial charge on any atom is 0.344 e. The van der Waals surface area contributed by atoms with Gasteiger partial charge in [0.1, 0.15) is 0 Å². The lowest BCUT2D eigenvalue weighted by atomic mass is 10.1. The topological polar surface area (TPSA) is 82.1 Å². The summed E-state index contributed by atoms with van der Waals surface area (Å²) in [6, 6.07) is 0. The average molecular weight is 354 g/mol. The Morgan fingerprint density at radius 2 is 1.59 bits per heavy atom. The third-order valence-electron chi connectivity index (χ3n) is 3.92. The van der Waals surface area contributed by atoms with Crippen molar-refractivity contribution >= 4 is 21.9 Å². The summed E-state index contributed by atoms with van der Waals surface area (Å²) in [5.41, 5.74) is -1.03. The minimum atomic E-state index is -3.64. The van der Waals surface area contributed by atoms with Crippen LogP contribution >= 0.6 is 7.60 Å². The van der Waals surface area contributed by atoms with Gasteiger partial charge in [0.2, 0.25) is 0 Å². The molecule has 0 heterocycles. The van der Waals surface area contributed by atoms with Gasteiger partial charge in [-0.25, -0.2) is 0 Å². The summed E-state index contributed by atoms with van der Waals surface area (Å²) in [6.45, 7) is 12.9. The molecule has 132 valence electrons. The maximum atomic E-state index is 13.0. The highest BCUT2D eigenvalue weighted by Gasteiger charge is 2.49. The number of hydrogen-bond acceptors (Lipinski definition) is 6. The number of rotatable bonds is 10. The lowest BCUT2D eigenvalue weighted by Crippen LogP contribution is -2.42. The van der Waals surface area contributed by atoms with Crippen molar-refractivity contribution in [1.29, 1.82) is 0 Å². The first kappa shape index (κ1) is 21.8. The van der Waals surface area contributed by atoms with Gasteiger partial charge in [-0.3, -0.25) is 9.36 Å². The summed E-state index contributed by atoms with van der Waals surface area (Å²) in [5, 5.41) is -0.547. The van der Waals surface area contributed by atoms with E-state index in [9.17, 15) is 14.2 Å². The van der Waals surface area contributed by atoms with Crippen LogP contribution < -0.4 is 0 Å². The highest BCUT2D eigenvalue weighted by molar-refractivity contribution is 7.55. The summed E-state index contributed by atoms with van der Waals surface area (Å²) in [5.74, 6) is -0.598. The van der Waals surface area contributed by atoms with Crippen LogP contribution in [0.5, 0.6) is 0 Å². The molecule has 0 aliphatic rings. The zero-order valence-corrected chi connectivity index (χ0v) is 16.7. The second kappa shape index (κ2) is 8.59. The van der Waals surface area contributed by atoms with E-state index in [0.717, 1.165) is 0 Å². The minimum Gasteiger partial charge on any atom is -0.465 e. The molecule has 0 fully saturated rings. The molecule has 0 spiro atoms. The van der Waals surface area contributed by atoms with Gasteiger partial charge < -0.3 is 18.6 Å². The Hall–Kier alpha value is -0.203. The first-order valence-corrected chi connectivity index (χ1v) is 12.3. The molecule has 0 aromatic heterocycles. The molecule has 0 rings (SSSR count). The molecular formula is C14H31O6PSi. The van der Waals surface area contributed by atoms with Gasteiger partial charge in [-0.1, -0.05) is 13.8 Å². The number of carbonyl (C=O) groups excluding carboxylic acids is 1. The Balaban J connectivity index is 5.63. The van der Waals surface area contributed by atoms with Crippen LogP contribution in [0.3, 0.4) is 0 Å². The van der Waals surface area contributed by atoms with Crippen LogP contribution in [0.15, 0.2) is 0 Å². The molecule has 1 N–H and O–H groups in total. The Morgan fingerprint density at radius 1 is 1.14 bits per heavy atom. The smallest absolute Gasteiger partial charge is 0.344 e. The lowest BCUT2D eigenvalue weighted by molar-refractivity contribution is -0.143. The molecule has 0 aliphatic carbocycles. The minimum absolute atomic E-state index is 0.174. The molecule has 0 aromatic carbocycles. The van der Waals surface area contributed by atoms with E-state index >= 15 is 0 Å². The summed E-state index contributed by atoms with van der Waals surface area (Å²) >= 11 is 0. The second-order valence-electron chi connectivity index (χ2n) is 6.29. The predicted molar refractivity (Wildman–Crippen MR) is 89.6 cm³/mol. The fourth-order valence-corrected chi connectivity index (χ4v) is 4.92. The maximum absolute atomic E-state index is 13.0. The van der Waals surface area contributed by atoms with E-state index < -0.39 is 32.6 Å². The molecule has 6 nitrogen and oxygen atoms in total. The van der Waals surface area contributed by atoms with E-state index in [1.165, 1.54) is 0 Å². The molecule has 1 atom stereocenters. The van der Waals surface area contributed by atoms with Crippen LogP contribution in [0.25, 0.3) is 0 Å². The quantitative estimate of drug-likeness (QED) is 0.367. The largest absolute Gasteiger partial charge is 0.465 e. The highest BCUT2D eigenvalue weighted by Crippen LogP contribution is 2.58. The monoisotopic (exact) mass is 354 g/mol. The SMILES string of the molecule is CCOC(=O)C(CC(C)(C)[Si](C)(C)O)P(=O)(OCC)OCC. The van der Waals surface area contributed by atoms with Crippen molar-refractivity contribution < 1.29 is 27.9 Å². The molecular weight excluding hydrogens is 323 g/mol. The number of ether oxygens (including phenoxy) is 1. The third kappa shape index (κ3) is 5.78. The first-order valence-electron chi connectivity index (χ1n) is 7.73. The Morgan fingerprint density at radius 3 is 1.91 bits per heavy atom. The van der Waals surface area contributed by atoms with Gasteiger partial charge in [0.05, 0.1) is 19.8 Å².